The van der Waals surface area contributed by atoms with E-state index in [4.69, 9.17) is 4.74 Å². The summed E-state index contributed by atoms with van der Waals surface area (Å²) in [5.41, 5.74) is 4.26. The number of rotatable bonds is 5. The number of H-pyrrole nitrogens is 1. The molecule has 4 rings (SSSR count). The van der Waals surface area contributed by atoms with E-state index in [0.717, 1.165) is 42.4 Å². The molecule has 3 heterocycles. The quantitative estimate of drug-likeness (QED) is 0.736. The summed E-state index contributed by atoms with van der Waals surface area (Å²) in [6, 6.07) is 10.3. The highest BCUT2D eigenvalue weighted by molar-refractivity contribution is 5.62. The van der Waals surface area contributed by atoms with Gasteiger partial charge in [0.2, 0.25) is 0 Å². The van der Waals surface area contributed by atoms with Crippen LogP contribution in [0.5, 0.6) is 0 Å². The van der Waals surface area contributed by atoms with Gasteiger partial charge in [0.25, 0.3) is 0 Å². The lowest BCUT2D eigenvalue weighted by atomic mass is 10.1. The second-order valence-corrected chi connectivity index (χ2v) is 6.27. The van der Waals surface area contributed by atoms with E-state index in [-0.39, 0.29) is 6.10 Å². The van der Waals surface area contributed by atoms with Crippen molar-refractivity contribution in [3.8, 4) is 11.3 Å². The topological polar surface area (TPSA) is 79.0 Å². The van der Waals surface area contributed by atoms with E-state index in [0.29, 0.717) is 6.61 Å². The minimum atomic E-state index is -0.0908. The van der Waals surface area contributed by atoms with Crippen LogP contribution in [0.25, 0.3) is 11.3 Å². The molecular weight excluding hydrogens is 328 g/mol. The van der Waals surface area contributed by atoms with Crippen LogP contribution < -0.4 is 5.32 Å². The van der Waals surface area contributed by atoms with Gasteiger partial charge in [-0.05, 0) is 5.56 Å². The van der Waals surface area contributed by atoms with Gasteiger partial charge in [0.05, 0.1) is 18.5 Å². The Morgan fingerprint density at radius 2 is 2.08 bits per heavy atom. The molecule has 1 aromatic carbocycles. The van der Waals surface area contributed by atoms with Crippen molar-refractivity contribution < 1.29 is 4.74 Å². The first-order valence-electron chi connectivity index (χ1n) is 8.75. The summed E-state index contributed by atoms with van der Waals surface area (Å²) in [6.45, 7) is 3.14. The molecule has 0 saturated carbocycles. The Hall–Kier alpha value is -2.77. The Kier molecular flexibility index (Phi) is 4.90. The molecule has 7 nitrogen and oxygen atoms in total. The average molecular weight is 350 g/mol. The third kappa shape index (κ3) is 3.44. The van der Waals surface area contributed by atoms with Crippen LogP contribution in [0.2, 0.25) is 0 Å². The number of aromatic amines is 1. The molecule has 1 aliphatic heterocycles. The number of ether oxygens (including phenoxy) is 1. The van der Waals surface area contributed by atoms with Crippen molar-refractivity contribution in [3.63, 3.8) is 0 Å². The maximum Gasteiger partial charge on any atom is 0.150 e. The van der Waals surface area contributed by atoms with Crippen LogP contribution in [-0.4, -0.2) is 51.8 Å². The molecule has 1 saturated heterocycles. The zero-order valence-electron chi connectivity index (χ0n) is 14.7. The molecule has 134 valence electrons. The number of aromatic nitrogens is 4. The fourth-order valence-electron chi connectivity index (χ4n) is 3.32. The number of hydrogen-bond acceptors (Lipinski definition) is 6. The summed E-state index contributed by atoms with van der Waals surface area (Å²) in [7, 11) is 1.85. The number of benzene rings is 1. The lowest BCUT2D eigenvalue weighted by Crippen LogP contribution is -2.38. The predicted molar refractivity (Wildman–Crippen MR) is 99.6 cm³/mol. The van der Waals surface area contributed by atoms with E-state index >= 15 is 0 Å². The first-order valence-corrected chi connectivity index (χ1v) is 8.75. The minimum absolute atomic E-state index is 0.0908. The Labute approximate surface area is 152 Å². The molecule has 0 unspecified atom stereocenters. The number of anilines is 1. The molecular formula is C19H22N6O. The standard InChI is InChI=1S/C19H22N6O/c1-20-19-18(21-7-8-22-19)16-13-25(9-10-26-16)12-15-11-23-24-17(15)14-5-3-2-4-6-14/h2-8,11,16H,9-10,12-13H2,1H3,(H,20,22)(H,23,24)/t16-/m1/s1. The highest BCUT2D eigenvalue weighted by atomic mass is 16.5. The molecule has 2 N–H and O–H groups in total. The van der Waals surface area contributed by atoms with Crippen LogP contribution in [0.15, 0.2) is 48.9 Å². The van der Waals surface area contributed by atoms with Gasteiger partial charge >= 0.3 is 0 Å². The van der Waals surface area contributed by atoms with Gasteiger partial charge in [0.1, 0.15) is 17.6 Å². The molecule has 1 aliphatic rings. The molecule has 0 amide bonds. The van der Waals surface area contributed by atoms with Crippen LogP contribution >= 0.6 is 0 Å². The van der Waals surface area contributed by atoms with E-state index in [1.165, 1.54) is 5.56 Å². The largest absolute Gasteiger partial charge is 0.372 e. The van der Waals surface area contributed by atoms with Crippen LogP contribution in [0.4, 0.5) is 5.82 Å². The van der Waals surface area contributed by atoms with Gasteiger partial charge in [-0.15, -0.1) is 0 Å². The van der Waals surface area contributed by atoms with Crippen LogP contribution in [0.3, 0.4) is 0 Å². The maximum absolute atomic E-state index is 5.96. The first-order chi connectivity index (χ1) is 12.8. The van der Waals surface area contributed by atoms with Crippen molar-refractivity contribution in [1.29, 1.82) is 0 Å². The molecule has 2 aromatic heterocycles. The molecule has 1 fully saturated rings. The lowest BCUT2D eigenvalue weighted by Gasteiger charge is -2.33. The molecule has 0 bridgehead atoms. The summed E-state index contributed by atoms with van der Waals surface area (Å²) >= 11 is 0. The third-order valence-corrected chi connectivity index (χ3v) is 4.59. The fraction of sp³-hybridized carbons (Fsp3) is 0.316. The molecule has 0 aliphatic carbocycles. The molecule has 1 atom stereocenters. The van der Waals surface area contributed by atoms with Crippen LogP contribution in [0, 0.1) is 0 Å². The van der Waals surface area contributed by atoms with Crippen molar-refractivity contribution in [2.24, 2.45) is 0 Å². The maximum atomic E-state index is 5.96. The van der Waals surface area contributed by atoms with Crippen LogP contribution in [-0.2, 0) is 11.3 Å². The zero-order valence-corrected chi connectivity index (χ0v) is 14.7. The smallest absolute Gasteiger partial charge is 0.150 e. The predicted octanol–water partition coefficient (Wildman–Crippen LogP) is 2.48. The van der Waals surface area contributed by atoms with Gasteiger partial charge in [-0.3, -0.25) is 15.0 Å². The minimum Gasteiger partial charge on any atom is -0.372 e. The summed E-state index contributed by atoms with van der Waals surface area (Å²) in [5.74, 6) is 0.771. The second-order valence-electron chi connectivity index (χ2n) is 6.27. The van der Waals surface area contributed by atoms with E-state index in [1.54, 1.807) is 12.4 Å². The van der Waals surface area contributed by atoms with Crippen molar-refractivity contribution in [3.05, 3.63) is 60.2 Å². The van der Waals surface area contributed by atoms with Gasteiger partial charge < -0.3 is 10.1 Å². The Bertz CT molecular complexity index is 850. The number of morpholine rings is 1. The number of nitrogens with one attached hydrogen (secondary N) is 2. The van der Waals surface area contributed by atoms with Crippen molar-refractivity contribution in [2.45, 2.75) is 12.6 Å². The first kappa shape index (κ1) is 16.7. The highest BCUT2D eigenvalue weighted by Crippen LogP contribution is 2.27. The highest BCUT2D eigenvalue weighted by Gasteiger charge is 2.26. The zero-order chi connectivity index (χ0) is 17.8. The van der Waals surface area contributed by atoms with Gasteiger partial charge in [0, 0.05) is 44.6 Å². The second kappa shape index (κ2) is 7.63. The van der Waals surface area contributed by atoms with Gasteiger partial charge in [-0.1, -0.05) is 30.3 Å². The molecule has 0 radical (unpaired) electrons. The lowest BCUT2D eigenvalue weighted by molar-refractivity contribution is -0.0347. The average Bonchev–Trinajstić information content (AvgIpc) is 3.17. The van der Waals surface area contributed by atoms with E-state index in [1.807, 2.05) is 31.4 Å². The molecule has 26 heavy (non-hydrogen) atoms. The summed E-state index contributed by atoms with van der Waals surface area (Å²) in [5, 5.41) is 10.5. The van der Waals surface area contributed by atoms with Gasteiger partial charge in [-0.25, -0.2) is 4.98 Å². The molecule has 3 aromatic rings. The summed E-state index contributed by atoms with van der Waals surface area (Å²) in [4.78, 5) is 11.2. The molecule has 7 heteroatoms. The number of hydrogen-bond donors (Lipinski definition) is 2. The summed E-state index contributed by atoms with van der Waals surface area (Å²) < 4.78 is 5.96. The Balaban J connectivity index is 1.51. The molecule has 0 spiro atoms. The van der Waals surface area contributed by atoms with Crippen LogP contribution in [0.1, 0.15) is 17.4 Å². The van der Waals surface area contributed by atoms with Gasteiger partial charge in [-0.2, -0.15) is 5.10 Å². The van der Waals surface area contributed by atoms with Crippen molar-refractivity contribution in [1.82, 2.24) is 25.1 Å². The summed E-state index contributed by atoms with van der Waals surface area (Å²) in [6.07, 6.45) is 5.22. The monoisotopic (exact) mass is 350 g/mol. The SMILES string of the molecule is CNc1nccnc1[C@H]1CN(Cc2cn[nH]c2-c2ccccc2)CCO1. The normalized spacial score (nSPS) is 18.0. The van der Waals surface area contributed by atoms with Crippen molar-refractivity contribution in [2.75, 3.05) is 32.1 Å². The third-order valence-electron chi connectivity index (χ3n) is 4.59. The van der Waals surface area contributed by atoms with Crippen molar-refractivity contribution >= 4 is 5.82 Å². The van der Waals surface area contributed by atoms with E-state index in [9.17, 15) is 0 Å². The van der Waals surface area contributed by atoms with Gasteiger partial charge in [0.15, 0.2) is 0 Å². The van der Waals surface area contributed by atoms with E-state index in [2.05, 4.69) is 42.5 Å². The Morgan fingerprint density at radius 1 is 1.23 bits per heavy atom. The Morgan fingerprint density at radius 3 is 2.92 bits per heavy atom. The number of nitrogens with zero attached hydrogens (tertiary/aromatic N) is 4. The fourth-order valence-corrected chi connectivity index (χ4v) is 3.32. The van der Waals surface area contributed by atoms with E-state index < -0.39 is 0 Å².